The van der Waals surface area contributed by atoms with Crippen LogP contribution in [0.5, 0.6) is 0 Å². The Hall–Kier alpha value is -1.35. The molecule has 0 N–H and O–H groups in total. The van der Waals surface area contributed by atoms with Crippen molar-refractivity contribution in [3.63, 3.8) is 0 Å². The first kappa shape index (κ1) is 13.7. The molecule has 0 aliphatic carbocycles. The summed E-state index contributed by atoms with van der Waals surface area (Å²) in [5.74, 6) is -0.227. The number of nitrogens with zero attached hydrogens (tertiary/aromatic N) is 1. The third-order valence-electron chi connectivity index (χ3n) is 2.60. The van der Waals surface area contributed by atoms with Gasteiger partial charge < -0.3 is 9.64 Å². The minimum atomic E-state index is -0.227. The SMILES string of the molecule is CC(=O)O[C@@H](CCN(C)C)c1ccc(C)cc1. The van der Waals surface area contributed by atoms with Crippen LogP contribution < -0.4 is 0 Å². The van der Waals surface area contributed by atoms with Gasteiger partial charge in [0.05, 0.1) is 0 Å². The summed E-state index contributed by atoms with van der Waals surface area (Å²) in [6, 6.07) is 8.14. The zero-order valence-electron chi connectivity index (χ0n) is 11.1. The highest BCUT2D eigenvalue weighted by Gasteiger charge is 2.14. The van der Waals surface area contributed by atoms with Crippen molar-refractivity contribution in [2.24, 2.45) is 0 Å². The Labute approximate surface area is 103 Å². The predicted octanol–water partition coefficient (Wildman–Crippen LogP) is 2.55. The highest BCUT2D eigenvalue weighted by molar-refractivity contribution is 5.66. The lowest BCUT2D eigenvalue weighted by molar-refractivity contribution is -0.147. The maximum atomic E-state index is 11.1. The molecule has 94 valence electrons. The van der Waals surface area contributed by atoms with Gasteiger partial charge in [-0.25, -0.2) is 0 Å². The summed E-state index contributed by atoms with van der Waals surface area (Å²) in [5, 5.41) is 0. The Morgan fingerprint density at radius 2 is 1.88 bits per heavy atom. The van der Waals surface area contributed by atoms with Crippen molar-refractivity contribution < 1.29 is 9.53 Å². The van der Waals surface area contributed by atoms with Crippen LogP contribution in [-0.2, 0) is 9.53 Å². The van der Waals surface area contributed by atoms with E-state index in [2.05, 4.69) is 4.90 Å². The molecule has 0 aliphatic rings. The van der Waals surface area contributed by atoms with Crippen LogP contribution in [0.15, 0.2) is 24.3 Å². The van der Waals surface area contributed by atoms with E-state index >= 15 is 0 Å². The quantitative estimate of drug-likeness (QED) is 0.735. The maximum absolute atomic E-state index is 11.1. The number of ether oxygens (including phenoxy) is 1. The van der Waals surface area contributed by atoms with Crippen molar-refractivity contribution in [3.8, 4) is 0 Å². The molecule has 0 aliphatic heterocycles. The summed E-state index contributed by atoms with van der Waals surface area (Å²) in [4.78, 5) is 13.2. The lowest BCUT2D eigenvalue weighted by Gasteiger charge is -2.19. The minimum Gasteiger partial charge on any atom is -0.458 e. The third-order valence-corrected chi connectivity index (χ3v) is 2.60. The fraction of sp³-hybridized carbons (Fsp3) is 0.500. The van der Waals surface area contributed by atoms with Gasteiger partial charge in [-0.15, -0.1) is 0 Å². The average molecular weight is 235 g/mol. The number of benzene rings is 1. The predicted molar refractivity (Wildman–Crippen MR) is 68.9 cm³/mol. The van der Waals surface area contributed by atoms with E-state index in [1.54, 1.807) is 0 Å². The second-order valence-corrected chi connectivity index (χ2v) is 4.60. The highest BCUT2D eigenvalue weighted by atomic mass is 16.5. The molecular formula is C14H21NO2. The van der Waals surface area contributed by atoms with Gasteiger partial charge in [-0.2, -0.15) is 0 Å². The van der Waals surface area contributed by atoms with E-state index in [0.717, 1.165) is 18.5 Å². The van der Waals surface area contributed by atoms with Gasteiger partial charge in [-0.3, -0.25) is 4.79 Å². The number of hydrogen-bond donors (Lipinski definition) is 0. The second-order valence-electron chi connectivity index (χ2n) is 4.60. The highest BCUT2D eigenvalue weighted by Crippen LogP contribution is 2.22. The summed E-state index contributed by atoms with van der Waals surface area (Å²) < 4.78 is 5.36. The third kappa shape index (κ3) is 5.00. The Balaban J connectivity index is 2.74. The molecule has 0 spiro atoms. The normalized spacial score (nSPS) is 12.5. The number of rotatable bonds is 5. The molecule has 1 aromatic carbocycles. The lowest BCUT2D eigenvalue weighted by Crippen LogP contribution is -2.18. The van der Waals surface area contributed by atoms with E-state index in [4.69, 9.17) is 4.74 Å². The molecule has 0 fully saturated rings. The molecule has 0 radical (unpaired) electrons. The molecular weight excluding hydrogens is 214 g/mol. The molecule has 0 heterocycles. The molecule has 0 saturated carbocycles. The first-order valence-corrected chi connectivity index (χ1v) is 5.87. The van der Waals surface area contributed by atoms with Gasteiger partial charge in [0.2, 0.25) is 0 Å². The van der Waals surface area contributed by atoms with Crippen LogP contribution in [0, 0.1) is 6.92 Å². The lowest BCUT2D eigenvalue weighted by atomic mass is 10.0. The molecule has 0 bridgehead atoms. The first-order chi connectivity index (χ1) is 7.99. The number of aryl methyl sites for hydroxylation is 1. The summed E-state index contributed by atoms with van der Waals surface area (Å²) >= 11 is 0. The molecule has 3 nitrogen and oxygen atoms in total. The van der Waals surface area contributed by atoms with Gasteiger partial charge in [0, 0.05) is 19.9 Å². The topological polar surface area (TPSA) is 29.5 Å². The molecule has 0 saturated heterocycles. The Morgan fingerprint density at radius 1 is 1.29 bits per heavy atom. The fourth-order valence-corrected chi connectivity index (χ4v) is 1.65. The molecule has 0 aromatic heterocycles. The molecule has 17 heavy (non-hydrogen) atoms. The van der Waals surface area contributed by atoms with Crippen molar-refractivity contribution in [2.45, 2.75) is 26.4 Å². The van der Waals surface area contributed by atoms with Gasteiger partial charge in [0.1, 0.15) is 6.10 Å². The number of carbonyl (C=O) groups is 1. The van der Waals surface area contributed by atoms with E-state index < -0.39 is 0 Å². The number of hydrogen-bond acceptors (Lipinski definition) is 3. The summed E-state index contributed by atoms with van der Waals surface area (Å²) in [7, 11) is 4.03. The standard InChI is InChI=1S/C14H21NO2/c1-11-5-7-13(8-6-11)14(17-12(2)16)9-10-15(3)4/h5-8,14H,9-10H2,1-4H3/t14-/m0/s1. The first-order valence-electron chi connectivity index (χ1n) is 5.87. The smallest absolute Gasteiger partial charge is 0.303 e. The number of carbonyl (C=O) groups excluding carboxylic acids is 1. The second kappa shape index (κ2) is 6.40. The fourth-order valence-electron chi connectivity index (χ4n) is 1.65. The van der Waals surface area contributed by atoms with Crippen molar-refractivity contribution in [2.75, 3.05) is 20.6 Å². The van der Waals surface area contributed by atoms with E-state index in [-0.39, 0.29) is 12.1 Å². The Morgan fingerprint density at radius 3 is 2.35 bits per heavy atom. The van der Waals surface area contributed by atoms with E-state index in [1.807, 2.05) is 45.3 Å². The van der Waals surface area contributed by atoms with Crippen LogP contribution in [0.4, 0.5) is 0 Å². The van der Waals surface area contributed by atoms with Crippen molar-refractivity contribution >= 4 is 5.97 Å². The summed E-state index contributed by atoms with van der Waals surface area (Å²) in [6.07, 6.45) is 0.672. The summed E-state index contributed by atoms with van der Waals surface area (Å²) in [5.41, 5.74) is 2.27. The van der Waals surface area contributed by atoms with Crippen LogP contribution >= 0.6 is 0 Å². The molecule has 1 atom stereocenters. The van der Waals surface area contributed by atoms with E-state index in [1.165, 1.54) is 12.5 Å². The molecule has 1 aromatic rings. The van der Waals surface area contributed by atoms with Gasteiger partial charge >= 0.3 is 5.97 Å². The van der Waals surface area contributed by atoms with Crippen LogP contribution in [0.25, 0.3) is 0 Å². The number of esters is 1. The molecule has 1 rings (SSSR count). The van der Waals surface area contributed by atoms with Crippen LogP contribution in [0.3, 0.4) is 0 Å². The average Bonchev–Trinajstić information content (AvgIpc) is 2.25. The summed E-state index contributed by atoms with van der Waals surface area (Å²) in [6.45, 7) is 4.40. The molecule has 3 heteroatoms. The Kier molecular flexibility index (Phi) is 5.16. The zero-order chi connectivity index (χ0) is 12.8. The van der Waals surface area contributed by atoms with Crippen molar-refractivity contribution in [1.82, 2.24) is 4.90 Å². The van der Waals surface area contributed by atoms with Crippen LogP contribution in [-0.4, -0.2) is 31.5 Å². The monoisotopic (exact) mass is 235 g/mol. The van der Waals surface area contributed by atoms with Gasteiger partial charge in [-0.05, 0) is 26.6 Å². The zero-order valence-corrected chi connectivity index (χ0v) is 11.1. The Bertz CT molecular complexity index is 357. The molecule has 0 amide bonds. The van der Waals surface area contributed by atoms with E-state index in [9.17, 15) is 4.79 Å². The van der Waals surface area contributed by atoms with Gasteiger partial charge in [-0.1, -0.05) is 29.8 Å². The molecule has 0 unspecified atom stereocenters. The van der Waals surface area contributed by atoms with Gasteiger partial charge in [0.25, 0.3) is 0 Å². The van der Waals surface area contributed by atoms with Crippen LogP contribution in [0.1, 0.15) is 30.6 Å². The van der Waals surface area contributed by atoms with Crippen molar-refractivity contribution in [3.05, 3.63) is 35.4 Å². The minimum absolute atomic E-state index is 0.143. The van der Waals surface area contributed by atoms with Crippen molar-refractivity contribution in [1.29, 1.82) is 0 Å². The largest absolute Gasteiger partial charge is 0.458 e. The van der Waals surface area contributed by atoms with Gasteiger partial charge in [0.15, 0.2) is 0 Å². The van der Waals surface area contributed by atoms with E-state index in [0.29, 0.717) is 0 Å². The maximum Gasteiger partial charge on any atom is 0.303 e. The van der Waals surface area contributed by atoms with Crippen LogP contribution in [0.2, 0.25) is 0 Å².